The molecule has 0 aromatic carbocycles. The molecule has 0 aliphatic rings. The zero-order valence-corrected chi connectivity index (χ0v) is 16.5. The van der Waals surface area contributed by atoms with Gasteiger partial charge in [-0.15, -0.1) is 0 Å². The molecular weight excluding hydrogens is 264 g/mol. The molecule has 0 spiro atoms. The molecule has 0 aromatic heterocycles. The maximum atomic E-state index is 2.47. The zero-order valence-electron chi connectivity index (χ0n) is 16.5. The Morgan fingerprint density at radius 1 is 0.455 bits per heavy atom. The zero-order chi connectivity index (χ0) is 16.5. The third-order valence-corrected chi connectivity index (χ3v) is 5.39. The molecule has 0 saturated heterocycles. The Hall–Kier alpha value is 0. The highest BCUT2D eigenvalue weighted by Gasteiger charge is 2.04. The number of rotatable bonds is 17. The van der Waals surface area contributed by atoms with Crippen molar-refractivity contribution in [1.29, 1.82) is 0 Å². The molecule has 0 rings (SSSR count). The molecule has 22 heavy (non-hydrogen) atoms. The molecule has 0 heterocycles. The SMILES string of the molecule is CCCCCCCCCCCCCC(C)CCCC(C)CC. The summed E-state index contributed by atoms with van der Waals surface area (Å²) in [5.41, 5.74) is 0. The largest absolute Gasteiger partial charge is 0.0654 e. The van der Waals surface area contributed by atoms with E-state index >= 15 is 0 Å². The minimum absolute atomic E-state index is 0.939. The average molecular weight is 311 g/mol. The van der Waals surface area contributed by atoms with E-state index < -0.39 is 0 Å². The van der Waals surface area contributed by atoms with E-state index in [1.165, 1.54) is 103 Å². The summed E-state index contributed by atoms with van der Waals surface area (Å²) in [6, 6.07) is 0. The predicted molar refractivity (Wildman–Crippen MR) is 104 cm³/mol. The Balaban J connectivity index is 3.15. The first kappa shape index (κ1) is 22.0. The third kappa shape index (κ3) is 16.4. The van der Waals surface area contributed by atoms with E-state index in [1.54, 1.807) is 0 Å². The topological polar surface area (TPSA) is 0 Å². The van der Waals surface area contributed by atoms with Crippen molar-refractivity contribution < 1.29 is 0 Å². The van der Waals surface area contributed by atoms with Crippen molar-refractivity contribution in [2.24, 2.45) is 11.8 Å². The molecule has 2 atom stereocenters. The highest BCUT2D eigenvalue weighted by Crippen LogP contribution is 2.20. The minimum Gasteiger partial charge on any atom is -0.0654 e. The molecule has 0 bridgehead atoms. The Labute approximate surface area is 142 Å². The quantitative estimate of drug-likeness (QED) is 0.236. The molecule has 0 aliphatic heterocycles. The van der Waals surface area contributed by atoms with Gasteiger partial charge in [0.25, 0.3) is 0 Å². The molecule has 0 radical (unpaired) electrons. The second-order valence-electron chi connectivity index (χ2n) is 7.87. The van der Waals surface area contributed by atoms with Crippen LogP contribution in [0.25, 0.3) is 0 Å². The average Bonchev–Trinajstić information content (AvgIpc) is 2.52. The van der Waals surface area contributed by atoms with E-state index in [9.17, 15) is 0 Å². The summed E-state index contributed by atoms with van der Waals surface area (Å²) in [7, 11) is 0. The lowest BCUT2D eigenvalue weighted by Crippen LogP contribution is -1.98. The summed E-state index contributed by atoms with van der Waals surface area (Å²) in [4.78, 5) is 0. The number of hydrogen-bond acceptors (Lipinski definition) is 0. The van der Waals surface area contributed by atoms with Crippen LogP contribution in [0.3, 0.4) is 0 Å². The van der Waals surface area contributed by atoms with Crippen LogP contribution in [0.4, 0.5) is 0 Å². The van der Waals surface area contributed by atoms with Crippen LogP contribution in [0.1, 0.15) is 130 Å². The van der Waals surface area contributed by atoms with Crippen molar-refractivity contribution >= 4 is 0 Å². The van der Waals surface area contributed by atoms with Gasteiger partial charge in [-0.3, -0.25) is 0 Å². The van der Waals surface area contributed by atoms with Crippen LogP contribution < -0.4 is 0 Å². The van der Waals surface area contributed by atoms with E-state index in [2.05, 4.69) is 27.7 Å². The Kier molecular flexibility index (Phi) is 17.4. The molecule has 0 aromatic rings. The highest BCUT2D eigenvalue weighted by atomic mass is 14.1. The van der Waals surface area contributed by atoms with Gasteiger partial charge in [0.05, 0.1) is 0 Å². The van der Waals surface area contributed by atoms with E-state index in [4.69, 9.17) is 0 Å². The summed E-state index contributed by atoms with van der Waals surface area (Å²) >= 11 is 0. The lowest BCUT2D eigenvalue weighted by Gasteiger charge is -2.13. The molecule has 134 valence electrons. The van der Waals surface area contributed by atoms with Crippen LogP contribution in [-0.2, 0) is 0 Å². The summed E-state index contributed by atoms with van der Waals surface area (Å²) in [5, 5.41) is 0. The fourth-order valence-corrected chi connectivity index (χ4v) is 3.32. The van der Waals surface area contributed by atoms with Crippen molar-refractivity contribution in [3.05, 3.63) is 0 Å². The Morgan fingerprint density at radius 3 is 1.36 bits per heavy atom. The molecule has 0 fully saturated rings. The maximum absolute atomic E-state index is 2.47. The monoisotopic (exact) mass is 310 g/mol. The van der Waals surface area contributed by atoms with Gasteiger partial charge in [-0.05, 0) is 11.8 Å². The molecule has 0 aliphatic carbocycles. The van der Waals surface area contributed by atoms with Gasteiger partial charge in [-0.2, -0.15) is 0 Å². The standard InChI is InChI=1S/C22H46/c1-5-7-8-9-10-11-12-13-14-15-16-18-22(4)20-17-19-21(3)6-2/h21-22H,5-20H2,1-4H3. The lowest BCUT2D eigenvalue weighted by molar-refractivity contribution is 0.405. The van der Waals surface area contributed by atoms with Gasteiger partial charge in [0, 0.05) is 0 Å². The van der Waals surface area contributed by atoms with Crippen LogP contribution in [0.5, 0.6) is 0 Å². The molecule has 0 saturated carbocycles. The van der Waals surface area contributed by atoms with Gasteiger partial charge in [0.2, 0.25) is 0 Å². The summed E-state index contributed by atoms with van der Waals surface area (Å²) in [6.45, 7) is 9.48. The lowest BCUT2D eigenvalue weighted by atomic mass is 9.93. The van der Waals surface area contributed by atoms with E-state index in [-0.39, 0.29) is 0 Å². The smallest absolute Gasteiger partial charge is 0.0443 e. The molecule has 0 nitrogen and oxygen atoms in total. The Morgan fingerprint density at radius 2 is 0.864 bits per heavy atom. The fourth-order valence-electron chi connectivity index (χ4n) is 3.32. The normalized spacial score (nSPS) is 14.2. The molecule has 0 amide bonds. The summed E-state index contributed by atoms with van der Waals surface area (Å²) in [6.07, 6.45) is 23.3. The van der Waals surface area contributed by atoms with Crippen molar-refractivity contribution in [2.75, 3.05) is 0 Å². The minimum atomic E-state index is 0.939. The second-order valence-corrected chi connectivity index (χ2v) is 7.87. The van der Waals surface area contributed by atoms with Crippen molar-refractivity contribution in [3.8, 4) is 0 Å². The van der Waals surface area contributed by atoms with Gasteiger partial charge in [-0.25, -0.2) is 0 Å². The highest BCUT2D eigenvalue weighted by molar-refractivity contribution is 4.57. The first-order valence-electron chi connectivity index (χ1n) is 10.7. The van der Waals surface area contributed by atoms with Gasteiger partial charge >= 0.3 is 0 Å². The maximum Gasteiger partial charge on any atom is -0.0443 e. The second kappa shape index (κ2) is 17.4. The van der Waals surface area contributed by atoms with Crippen molar-refractivity contribution in [1.82, 2.24) is 0 Å². The van der Waals surface area contributed by atoms with E-state index in [0.29, 0.717) is 0 Å². The Bertz CT molecular complexity index is 196. The molecule has 0 heteroatoms. The van der Waals surface area contributed by atoms with Crippen LogP contribution >= 0.6 is 0 Å². The van der Waals surface area contributed by atoms with Crippen molar-refractivity contribution in [3.63, 3.8) is 0 Å². The van der Waals surface area contributed by atoms with Gasteiger partial charge < -0.3 is 0 Å². The predicted octanol–water partition coefficient (Wildman–Crippen LogP) is 8.54. The number of unbranched alkanes of at least 4 members (excludes halogenated alkanes) is 10. The van der Waals surface area contributed by atoms with Crippen LogP contribution in [-0.4, -0.2) is 0 Å². The number of hydrogen-bond donors (Lipinski definition) is 0. The third-order valence-electron chi connectivity index (χ3n) is 5.39. The summed E-state index contributed by atoms with van der Waals surface area (Å²) in [5.74, 6) is 1.90. The van der Waals surface area contributed by atoms with Crippen LogP contribution in [0, 0.1) is 11.8 Å². The summed E-state index contributed by atoms with van der Waals surface area (Å²) < 4.78 is 0. The van der Waals surface area contributed by atoms with Gasteiger partial charge in [-0.1, -0.05) is 130 Å². The first-order valence-corrected chi connectivity index (χ1v) is 10.7. The van der Waals surface area contributed by atoms with Crippen LogP contribution in [0.15, 0.2) is 0 Å². The molecule has 2 unspecified atom stereocenters. The van der Waals surface area contributed by atoms with Gasteiger partial charge in [0.15, 0.2) is 0 Å². The van der Waals surface area contributed by atoms with Gasteiger partial charge in [0.1, 0.15) is 0 Å². The molecular formula is C22H46. The van der Waals surface area contributed by atoms with Crippen molar-refractivity contribution in [2.45, 2.75) is 130 Å². The first-order chi connectivity index (χ1) is 10.7. The van der Waals surface area contributed by atoms with Crippen LogP contribution in [0.2, 0.25) is 0 Å². The fraction of sp³-hybridized carbons (Fsp3) is 1.00. The molecule has 0 N–H and O–H groups in total. The van der Waals surface area contributed by atoms with E-state index in [1.807, 2.05) is 0 Å². The van der Waals surface area contributed by atoms with E-state index in [0.717, 1.165) is 11.8 Å².